The number of hydrogen-bond donors (Lipinski definition) is 2. The van der Waals surface area contributed by atoms with Gasteiger partial charge in [0.25, 0.3) is 5.91 Å². The summed E-state index contributed by atoms with van der Waals surface area (Å²) >= 11 is 2.69. The molecule has 2 rings (SSSR count). The van der Waals surface area contributed by atoms with Crippen LogP contribution in [0.25, 0.3) is 0 Å². The van der Waals surface area contributed by atoms with Crippen LogP contribution < -0.4 is 5.73 Å². The summed E-state index contributed by atoms with van der Waals surface area (Å²) in [6, 6.07) is 3.31. The van der Waals surface area contributed by atoms with Gasteiger partial charge in [0.2, 0.25) is 0 Å². The normalized spacial score (nSPS) is 10.3. The Morgan fingerprint density at radius 3 is 2.95 bits per heavy atom. The number of carbonyl (C=O) groups excluding carboxylic acids is 1. The Kier molecular flexibility index (Phi) is 4.13. The van der Waals surface area contributed by atoms with E-state index in [1.165, 1.54) is 29.3 Å². The van der Waals surface area contributed by atoms with Crippen molar-refractivity contribution in [3.8, 4) is 0 Å². The molecule has 0 spiro atoms. The largest absolute Gasteiger partial charge is 0.481 e. The Morgan fingerprint density at radius 2 is 2.26 bits per heavy atom. The number of carboxylic acids is 1. The second-order valence-corrected chi connectivity index (χ2v) is 5.70. The third-order valence-electron chi connectivity index (χ3n) is 2.05. The molecule has 98 valence electrons. The average molecular weight is 295 g/mol. The number of aliphatic carboxylic acids is 1. The summed E-state index contributed by atoms with van der Waals surface area (Å²) in [5.74, 6) is -1.50. The highest BCUT2D eigenvalue weighted by atomic mass is 32.2. The van der Waals surface area contributed by atoms with Gasteiger partial charge in [-0.3, -0.25) is 14.6 Å². The van der Waals surface area contributed by atoms with E-state index < -0.39 is 11.9 Å². The van der Waals surface area contributed by atoms with E-state index in [9.17, 15) is 9.59 Å². The van der Waals surface area contributed by atoms with E-state index in [1.807, 2.05) is 0 Å². The number of amides is 1. The van der Waals surface area contributed by atoms with Crippen molar-refractivity contribution < 1.29 is 14.7 Å². The van der Waals surface area contributed by atoms with E-state index in [2.05, 4.69) is 9.97 Å². The summed E-state index contributed by atoms with van der Waals surface area (Å²) in [6.07, 6.45) is 1.40. The minimum absolute atomic E-state index is 0.0973. The molecule has 6 nitrogen and oxygen atoms in total. The molecule has 2 aromatic rings. The van der Waals surface area contributed by atoms with Crippen LogP contribution >= 0.6 is 23.1 Å². The smallest absolute Gasteiger partial charge is 0.309 e. The van der Waals surface area contributed by atoms with Crippen molar-refractivity contribution in [1.82, 2.24) is 9.97 Å². The minimum atomic E-state index is -0.915. The summed E-state index contributed by atoms with van der Waals surface area (Å²) in [5.41, 5.74) is 5.85. The number of carbonyl (C=O) groups is 2. The van der Waals surface area contributed by atoms with E-state index in [0.717, 1.165) is 4.90 Å². The molecular formula is C11H9N3O3S2. The van der Waals surface area contributed by atoms with Crippen LogP contribution in [0, 0.1) is 0 Å². The number of nitrogens with zero attached hydrogens (tertiary/aromatic N) is 2. The quantitative estimate of drug-likeness (QED) is 0.864. The fourth-order valence-corrected chi connectivity index (χ4v) is 3.11. The molecule has 0 saturated heterocycles. The molecule has 8 heteroatoms. The second kappa shape index (κ2) is 5.81. The number of rotatable bonds is 5. The van der Waals surface area contributed by atoms with Gasteiger partial charge >= 0.3 is 5.97 Å². The maximum Gasteiger partial charge on any atom is 0.309 e. The van der Waals surface area contributed by atoms with Crippen molar-refractivity contribution in [3.63, 3.8) is 0 Å². The van der Waals surface area contributed by atoms with Gasteiger partial charge in [0.1, 0.15) is 5.69 Å². The molecule has 0 unspecified atom stereocenters. The molecule has 1 amide bonds. The number of aromatic nitrogens is 2. The molecule has 0 aromatic carbocycles. The van der Waals surface area contributed by atoms with Crippen molar-refractivity contribution in [2.45, 2.75) is 15.7 Å². The second-order valence-electron chi connectivity index (χ2n) is 3.52. The first-order chi connectivity index (χ1) is 9.04. The summed E-state index contributed by atoms with van der Waals surface area (Å²) in [7, 11) is 0. The molecule has 0 aliphatic heterocycles. The van der Waals surface area contributed by atoms with Crippen LogP contribution in [0.1, 0.15) is 16.2 Å². The summed E-state index contributed by atoms with van der Waals surface area (Å²) in [5, 5.41) is 10.4. The minimum Gasteiger partial charge on any atom is -0.481 e. The molecular weight excluding hydrogens is 286 g/mol. The van der Waals surface area contributed by atoms with Gasteiger partial charge in [-0.15, -0.1) is 11.3 Å². The number of nitrogens with two attached hydrogens (primary N) is 1. The Bertz CT molecular complexity index is 627. The molecule has 0 aliphatic carbocycles. The van der Waals surface area contributed by atoms with Crippen molar-refractivity contribution >= 4 is 35.0 Å². The van der Waals surface area contributed by atoms with Gasteiger partial charge in [0.05, 0.1) is 12.1 Å². The molecule has 2 aromatic heterocycles. The molecule has 2 heterocycles. The third kappa shape index (κ3) is 3.76. The van der Waals surface area contributed by atoms with Crippen molar-refractivity contribution in [3.05, 3.63) is 35.1 Å². The van der Waals surface area contributed by atoms with Gasteiger partial charge in [0.15, 0.2) is 4.34 Å². The Morgan fingerprint density at radius 1 is 1.47 bits per heavy atom. The monoisotopic (exact) mass is 295 g/mol. The predicted molar refractivity (Wildman–Crippen MR) is 70.3 cm³/mol. The number of thiazole rings is 1. The predicted octanol–water partition coefficient (Wildman–Crippen LogP) is 1.42. The number of primary amides is 1. The van der Waals surface area contributed by atoms with Crippen molar-refractivity contribution in [2.75, 3.05) is 0 Å². The number of carboxylic acid groups (broad SMARTS) is 1. The Hall–Kier alpha value is -1.93. The number of hydrogen-bond acceptors (Lipinski definition) is 6. The van der Waals surface area contributed by atoms with Crippen LogP contribution in [0.3, 0.4) is 0 Å². The van der Waals surface area contributed by atoms with Crippen molar-refractivity contribution in [1.29, 1.82) is 0 Å². The fourth-order valence-electron chi connectivity index (χ4n) is 1.28. The van der Waals surface area contributed by atoms with Crippen LogP contribution in [-0.4, -0.2) is 27.0 Å². The van der Waals surface area contributed by atoms with E-state index in [4.69, 9.17) is 10.8 Å². The molecule has 19 heavy (non-hydrogen) atoms. The molecule has 0 aliphatic rings. The lowest BCUT2D eigenvalue weighted by atomic mass is 10.3. The number of pyridine rings is 1. The highest BCUT2D eigenvalue weighted by Gasteiger charge is 2.09. The highest BCUT2D eigenvalue weighted by molar-refractivity contribution is 8.01. The average Bonchev–Trinajstić information content (AvgIpc) is 2.76. The van der Waals surface area contributed by atoms with Gasteiger partial charge in [0, 0.05) is 16.5 Å². The third-order valence-corrected chi connectivity index (χ3v) is 4.03. The molecule has 0 atom stereocenters. The van der Waals surface area contributed by atoms with Crippen LogP contribution in [0.2, 0.25) is 0 Å². The van der Waals surface area contributed by atoms with Gasteiger partial charge in [-0.25, -0.2) is 4.98 Å². The zero-order valence-electron chi connectivity index (χ0n) is 9.57. The highest BCUT2D eigenvalue weighted by Crippen LogP contribution is 2.30. The first-order valence-corrected chi connectivity index (χ1v) is 6.84. The van der Waals surface area contributed by atoms with E-state index >= 15 is 0 Å². The molecule has 3 N–H and O–H groups in total. The van der Waals surface area contributed by atoms with Crippen LogP contribution in [0.15, 0.2) is 32.9 Å². The molecule has 0 radical (unpaired) electrons. The fraction of sp³-hybridized carbons (Fsp3) is 0.0909. The zero-order chi connectivity index (χ0) is 13.8. The van der Waals surface area contributed by atoms with Gasteiger partial charge in [-0.2, -0.15) is 0 Å². The summed E-state index contributed by atoms with van der Waals surface area (Å²) in [6.45, 7) is 0. The lowest BCUT2D eigenvalue weighted by Crippen LogP contribution is -2.12. The first kappa shape index (κ1) is 13.5. The van der Waals surface area contributed by atoms with Crippen molar-refractivity contribution in [2.24, 2.45) is 5.73 Å². The maximum atomic E-state index is 11.0. The summed E-state index contributed by atoms with van der Waals surface area (Å²) < 4.78 is 0.706. The van der Waals surface area contributed by atoms with Crippen LogP contribution in [-0.2, 0) is 11.2 Å². The van der Waals surface area contributed by atoms with E-state index in [-0.39, 0.29) is 12.1 Å². The Balaban J connectivity index is 2.12. The molecule has 0 fully saturated rings. The standard InChI is InChI=1S/C11H9N3O3S2/c12-10(17)8-4-7(1-2-13-8)19-11-14-6(5-18-11)3-9(15)16/h1-2,4-5H,3H2,(H2,12,17)(H,15,16). The lowest BCUT2D eigenvalue weighted by Gasteiger charge is -1.99. The Labute approximate surface area is 116 Å². The first-order valence-electron chi connectivity index (χ1n) is 5.14. The summed E-state index contributed by atoms with van der Waals surface area (Å²) in [4.78, 5) is 30.4. The van der Waals surface area contributed by atoms with Crippen LogP contribution in [0.5, 0.6) is 0 Å². The zero-order valence-corrected chi connectivity index (χ0v) is 11.2. The SMILES string of the molecule is NC(=O)c1cc(Sc2nc(CC(=O)O)cs2)ccn1. The maximum absolute atomic E-state index is 11.0. The van der Waals surface area contributed by atoms with E-state index in [1.54, 1.807) is 17.5 Å². The van der Waals surface area contributed by atoms with E-state index in [0.29, 0.717) is 10.0 Å². The molecule has 0 bridgehead atoms. The van der Waals surface area contributed by atoms with Gasteiger partial charge < -0.3 is 10.8 Å². The topological polar surface area (TPSA) is 106 Å². The van der Waals surface area contributed by atoms with Gasteiger partial charge in [-0.1, -0.05) is 11.8 Å². The molecule has 0 saturated carbocycles. The van der Waals surface area contributed by atoms with Crippen LogP contribution in [0.4, 0.5) is 0 Å². The lowest BCUT2D eigenvalue weighted by molar-refractivity contribution is -0.136. The van der Waals surface area contributed by atoms with Gasteiger partial charge in [-0.05, 0) is 12.1 Å².